The van der Waals surface area contributed by atoms with Crippen molar-refractivity contribution in [1.82, 2.24) is 14.9 Å². The van der Waals surface area contributed by atoms with Gasteiger partial charge in [-0.2, -0.15) is 0 Å². The van der Waals surface area contributed by atoms with Crippen molar-refractivity contribution in [1.29, 1.82) is 0 Å². The molecule has 3 aliphatic heterocycles. The van der Waals surface area contributed by atoms with Gasteiger partial charge in [0.2, 0.25) is 5.89 Å². The normalized spacial score (nSPS) is 19.0. The third kappa shape index (κ3) is 3.72. The van der Waals surface area contributed by atoms with Crippen LogP contribution in [0.2, 0.25) is 0 Å². The minimum Gasteiger partial charge on any atom is -0.441 e. The fourth-order valence-electron chi connectivity index (χ4n) is 7.01. The van der Waals surface area contributed by atoms with Crippen molar-refractivity contribution < 1.29 is 9.21 Å². The highest BCUT2D eigenvalue weighted by Gasteiger charge is 2.32. The van der Waals surface area contributed by atoms with Crippen LogP contribution < -0.4 is 9.80 Å². The molecule has 200 valence electrons. The smallest absolute Gasteiger partial charge is 0.258 e. The molecule has 1 unspecified atom stereocenters. The third-order valence-corrected chi connectivity index (χ3v) is 8.99. The zero-order valence-electron chi connectivity index (χ0n) is 22.6. The van der Waals surface area contributed by atoms with E-state index in [0.29, 0.717) is 24.0 Å². The fraction of sp³-hybridized carbons (Fsp3) is 0.303. The Morgan fingerprint density at radius 1 is 0.925 bits per heavy atom. The molecule has 0 aliphatic carbocycles. The van der Waals surface area contributed by atoms with Gasteiger partial charge in [0.15, 0.2) is 0 Å². The summed E-state index contributed by atoms with van der Waals surface area (Å²) >= 11 is 0. The maximum Gasteiger partial charge on any atom is 0.258 e. The van der Waals surface area contributed by atoms with E-state index in [-0.39, 0.29) is 5.91 Å². The van der Waals surface area contributed by atoms with Crippen molar-refractivity contribution in [2.75, 3.05) is 42.5 Å². The Labute approximate surface area is 233 Å². The van der Waals surface area contributed by atoms with E-state index >= 15 is 0 Å². The van der Waals surface area contributed by atoms with Gasteiger partial charge in [-0.25, -0.2) is 4.98 Å². The second-order valence-corrected chi connectivity index (χ2v) is 11.3. The maximum absolute atomic E-state index is 14.2. The van der Waals surface area contributed by atoms with E-state index in [1.807, 2.05) is 54.4 Å². The Kier molecular flexibility index (Phi) is 5.42. The molecule has 1 atom stereocenters. The Balaban J connectivity index is 1.18. The van der Waals surface area contributed by atoms with Crippen LogP contribution in [0.4, 0.5) is 11.4 Å². The summed E-state index contributed by atoms with van der Waals surface area (Å²) in [5.74, 6) is 1.36. The molecular formula is C33H31N5O2. The molecule has 5 heterocycles. The van der Waals surface area contributed by atoms with Gasteiger partial charge >= 0.3 is 0 Å². The monoisotopic (exact) mass is 529 g/mol. The minimum absolute atomic E-state index is 0.0226. The second kappa shape index (κ2) is 9.17. The van der Waals surface area contributed by atoms with Crippen LogP contribution in [0.1, 0.15) is 34.5 Å². The number of carbonyl (C=O) groups is 1. The molecule has 7 heteroatoms. The van der Waals surface area contributed by atoms with Crippen LogP contribution in [0.15, 0.2) is 71.4 Å². The van der Waals surface area contributed by atoms with Crippen LogP contribution in [-0.2, 0) is 6.42 Å². The van der Waals surface area contributed by atoms with Crippen molar-refractivity contribution in [2.45, 2.75) is 32.2 Å². The Morgan fingerprint density at radius 3 is 2.70 bits per heavy atom. The zero-order chi connectivity index (χ0) is 26.8. The number of piperazine rings is 1. The van der Waals surface area contributed by atoms with Gasteiger partial charge in [-0.1, -0.05) is 24.3 Å². The lowest BCUT2D eigenvalue weighted by molar-refractivity contribution is 0.0991. The van der Waals surface area contributed by atoms with E-state index in [4.69, 9.17) is 9.40 Å². The van der Waals surface area contributed by atoms with Gasteiger partial charge in [0.25, 0.3) is 5.91 Å². The topological polar surface area (TPSA) is 65.7 Å². The van der Waals surface area contributed by atoms with Crippen LogP contribution in [0.5, 0.6) is 0 Å². The van der Waals surface area contributed by atoms with E-state index in [2.05, 4.69) is 33.0 Å². The molecule has 3 aromatic carbocycles. The molecule has 3 aliphatic rings. The van der Waals surface area contributed by atoms with Crippen LogP contribution in [0, 0.1) is 6.92 Å². The average molecular weight is 530 g/mol. The number of benzene rings is 3. The zero-order valence-corrected chi connectivity index (χ0v) is 22.6. The molecule has 0 radical (unpaired) electrons. The lowest BCUT2D eigenvalue weighted by Crippen LogP contribution is -2.50. The Bertz CT molecular complexity index is 1790. The molecule has 7 nitrogen and oxygen atoms in total. The van der Waals surface area contributed by atoms with E-state index < -0.39 is 0 Å². The van der Waals surface area contributed by atoms with Gasteiger partial charge in [0.1, 0.15) is 5.76 Å². The number of hydrogen-bond acceptors (Lipinski definition) is 6. The number of aromatic nitrogens is 2. The Hall–Kier alpha value is -4.23. The maximum atomic E-state index is 14.2. The molecule has 5 aromatic rings. The number of rotatable bonds is 3. The predicted molar refractivity (Wildman–Crippen MR) is 158 cm³/mol. The molecule has 0 spiro atoms. The molecule has 0 bridgehead atoms. The summed E-state index contributed by atoms with van der Waals surface area (Å²) in [7, 11) is 0. The predicted octanol–water partition coefficient (Wildman–Crippen LogP) is 5.84. The van der Waals surface area contributed by atoms with Crippen molar-refractivity contribution in [2.24, 2.45) is 0 Å². The summed E-state index contributed by atoms with van der Waals surface area (Å²) in [5.41, 5.74) is 6.01. The number of nitrogens with zero attached hydrogens (tertiary/aromatic N) is 5. The van der Waals surface area contributed by atoms with E-state index in [1.54, 1.807) is 6.20 Å². The lowest BCUT2D eigenvalue weighted by atomic mass is 9.98. The van der Waals surface area contributed by atoms with Crippen molar-refractivity contribution in [3.05, 3.63) is 83.9 Å². The fourth-order valence-corrected chi connectivity index (χ4v) is 7.01. The summed E-state index contributed by atoms with van der Waals surface area (Å²) in [6, 6.07) is 19.1. The molecule has 40 heavy (non-hydrogen) atoms. The van der Waals surface area contributed by atoms with Gasteiger partial charge in [0.05, 0.1) is 11.7 Å². The van der Waals surface area contributed by atoms with E-state index in [1.165, 1.54) is 30.6 Å². The number of amides is 1. The standard InChI is InChI=1S/C33H31N5O2/c1-21-19-35-32(40-21)26-8-9-27(25-7-3-2-6-24(25)26)33(39)38-14-11-22-17-29-28(18-31(22)38)30(10-12-34-29)37-16-15-36-13-4-5-23(36)20-37/h2-3,6-10,12,17-19,23H,4-5,11,13-16,20H2,1H3. The van der Waals surface area contributed by atoms with Crippen molar-refractivity contribution in [3.63, 3.8) is 0 Å². The number of oxazole rings is 1. The van der Waals surface area contributed by atoms with Gasteiger partial charge in [0, 0.05) is 66.3 Å². The van der Waals surface area contributed by atoms with Gasteiger partial charge in [-0.05, 0) is 79.4 Å². The summed E-state index contributed by atoms with van der Waals surface area (Å²) in [6.45, 7) is 6.98. The minimum atomic E-state index is 0.0226. The highest BCUT2D eigenvalue weighted by Crippen LogP contribution is 2.39. The lowest BCUT2D eigenvalue weighted by Gasteiger charge is -2.39. The van der Waals surface area contributed by atoms with E-state index in [0.717, 1.165) is 64.7 Å². The first-order valence-corrected chi connectivity index (χ1v) is 14.3. The first-order valence-electron chi connectivity index (χ1n) is 14.3. The first-order chi connectivity index (χ1) is 19.6. The highest BCUT2D eigenvalue weighted by molar-refractivity contribution is 6.17. The average Bonchev–Trinajstić information content (AvgIpc) is 3.74. The van der Waals surface area contributed by atoms with Gasteiger partial charge in [-0.15, -0.1) is 0 Å². The molecule has 0 saturated carbocycles. The van der Waals surface area contributed by atoms with Gasteiger partial charge < -0.3 is 14.2 Å². The summed E-state index contributed by atoms with van der Waals surface area (Å²) < 4.78 is 5.83. The molecule has 1 amide bonds. The molecule has 0 N–H and O–H groups in total. The SMILES string of the molecule is Cc1cnc(-c2ccc(C(=O)N3CCc4cc5nccc(N6CCN7CCCC7C6)c5cc43)c3ccccc23)o1. The molecule has 8 rings (SSSR count). The number of pyridine rings is 1. The van der Waals surface area contributed by atoms with Crippen LogP contribution >= 0.6 is 0 Å². The van der Waals surface area contributed by atoms with Crippen LogP contribution in [0.25, 0.3) is 33.1 Å². The molecular weight excluding hydrogens is 498 g/mol. The van der Waals surface area contributed by atoms with Crippen LogP contribution in [-0.4, -0.2) is 59.5 Å². The number of carbonyl (C=O) groups excluding carboxylic acids is 1. The number of anilines is 2. The molecule has 2 fully saturated rings. The largest absolute Gasteiger partial charge is 0.441 e. The number of aryl methyl sites for hydroxylation is 1. The highest BCUT2D eigenvalue weighted by atomic mass is 16.4. The summed E-state index contributed by atoms with van der Waals surface area (Å²) in [4.78, 5) is 30.5. The van der Waals surface area contributed by atoms with Crippen molar-refractivity contribution in [3.8, 4) is 11.5 Å². The summed E-state index contributed by atoms with van der Waals surface area (Å²) in [6.07, 6.45) is 7.07. The Morgan fingerprint density at radius 2 is 1.82 bits per heavy atom. The summed E-state index contributed by atoms with van der Waals surface area (Å²) in [5, 5.41) is 3.00. The van der Waals surface area contributed by atoms with Crippen LogP contribution in [0.3, 0.4) is 0 Å². The van der Waals surface area contributed by atoms with E-state index in [9.17, 15) is 4.79 Å². The molecule has 2 saturated heterocycles. The first kappa shape index (κ1) is 23.6. The van der Waals surface area contributed by atoms with Crippen molar-refractivity contribution >= 4 is 39.0 Å². The van der Waals surface area contributed by atoms with Gasteiger partial charge in [-0.3, -0.25) is 14.7 Å². The number of hydrogen-bond donors (Lipinski definition) is 0. The number of fused-ring (bicyclic) bond motifs is 4. The molecule has 2 aromatic heterocycles. The second-order valence-electron chi connectivity index (χ2n) is 11.3. The third-order valence-electron chi connectivity index (χ3n) is 8.99. The quantitative estimate of drug-likeness (QED) is 0.293.